The van der Waals surface area contributed by atoms with Gasteiger partial charge in [-0.15, -0.1) is 11.3 Å². The number of imidazole rings is 1. The van der Waals surface area contributed by atoms with Gasteiger partial charge in [0.2, 0.25) is 0 Å². The Morgan fingerprint density at radius 1 is 1.17 bits per heavy atom. The summed E-state index contributed by atoms with van der Waals surface area (Å²) in [6.07, 6.45) is 3.32. The molecule has 0 radical (unpaired) electrons. The molecule has 1 aromatic carbocycles. The molecule has 5 rings (SSSR count). The Morgan fingerprint density at radius 2 is 2.08 bits per heavy atom. The van der Waals surface area contributed by atoms with Crippen molar-refractivity contribution in [3.05, 3.63) is 58.5 Å². The molecule has 5 aromatic rings. The Hall–Kier alpha value is -2.84. The summed E-state index contributed by atoms with van der Waals surface area (Å²) >= 11 is 3.06. The normalized spacial score (nSPS) is 12.2. The zero-order valence-corrected chi connectivity index (χ0v) is 13.9. The third-order valence-corrected chi connectivity index (χ3v) is 5.57. The first-order valence-corrected chi connectivity index (χ1v) is 8.91. The van der Waals surface area contributed by atoms with Gasteiger partial charge < -0.3 is 0 Å². The molecular formula is C16H10N6S2. The van der Waals surface area contributed by atoms with Gasteiger partial charge in [-0.2, -0.15) is 5.10 Å². The molecule has 0 aliphatic carbocycles. The summed E-state index contributed by atoms with van der Waals surface area (Å²) in [4.78, 5) is 11.0. The Morgan fingerprint density at radius 3 is 2.96 bits per heavy atom. The van der Waals surface area contributed by atoms with E-state index in [1.165, 1.54) is 16.0 Å². The molecule has 0 bridgehead atoms. The van der Waals surface area contributed by atoms with Crippen molar-refractivity contribution in [3.8, 4) is 0 Å². The third kappa shape index (κ3) is 1.93. The van der Waals surface area contributed by atoms with Crippen molar-refractivity contribution in [1.82, 2.24) is 19.0 Å². The molecule has 4 aromatic heterocycles. The first-order valence-electron chi connectivity index (χ1n) is 7.21. The lowest BCUT2D eigenvalue weighted by atomic mass is 10.3. The number of para-hydroxylation sites is 2. The molecule has 0 atom stereocenters. The van der Waals surface area contributed by atoms with Crippen LogP contribution in [0.15, 0.2) is 53.2 Å². The molecule has 0 saturated carbocycles. The van der Waals surface area contributed by atoms with Gasteiger partial charge in [0.05, 0.1) is 17.2 Å². The number of aromatic nitrogens is 4. The van der Waals surface area contributed by atoms with Gasteiger partial charge in [-0.1, -0.05) is 29.5 Å². The number of hydrogen-bond acceptors (Lipinski definition) is 6. The number of benzene rings is 1. The van der Waals surface area contributed by atoms with Crippen molar-refractivity contribution in [2.75, 3.05) is 0 Å². The van der Waals surface area contributed by atoms with Crippen molar-refractivity contribution in [3.63, 3.8) is 0 Å². The first kappa shape index (κ1) is 13.6. The second kappa shape index (κ2) is 5.08. The van der Waals surface area contributed by atoms with Gasteiger partial charge in [-0.3, -0.25) is 9.81 Å². The SMILES string of the molecule is N=c1c2sc3nc4ccccc4n3c2ncn1N=Cc1cccs1. The monoisotopic (exact) mass is 350 g/mol. The van der Waals surface area contributed by atoms with Crippen LogP contribution in [-0.4, -0.2) is 25.3 Å². The van der Waals surface area contributed by atoms with E-state index >= 15 is 0 Å². The zero-order chi connectivity index (χ0) is 16.1. The van der Waals surface area contributed by atoms with E-state index < -0.39 is 0 Å². The molecule has 1 N–H and O–H groups in total. The van der Waals surface area contributed by atoms with Gasteiger partial charge in [0.1, 0.15) is 11.0 Å². The summed E-state index contributed by atoms with van der Waals surface area (Å²) in [5.74, 6) is 0. The lowest BCUT2D eigenvalue weighted by Crippen LogP contribution is -2.16. The van der Waals surface area contributed by atoms with Gasteiger partial charge in [0.25, 0.3) is 0 Å². The highest BCUT2D eigenvalue weighted by molar-refractivity contribution is 7.23. The fourth-order valence-electron chi connectivity index (χ4n) is 2.63. The second-order valence-electron chi connectivity index (χ2n) is 5.17. The van der Waals surface area contributed by atoms with E-state index in [1.54, 1.807) is 23.9 Å². The number of nitrogens with one attached hydrogen (secondary N) is 1. The smallest absolute Gasteiger partial charge is 0.197 e. The van der Waals surface area contributed by atoms with Crippen LogP contribution >= 0.6 is 22.7 Å². The molecule has 0 aliphatic rings. The predicted molar refractivity (Wildman–Crippen MR) is 97.0 cm³/mol. The Kier molecular flexibility index (Phi) is 2.88. The average molecular weight is 350 g/mol. The summed E-state index contributed by atoms with van der Waals surface area (Å²) < 4.78 is 4.26. The molecular weight excluding hydrogens is 340 g/mol. The van der Waals surface area contributed by atoms with Crippen molar-refractivity contribution >= 4 is 55.2 Å². The number of thiophene rings is 1. The lowest BCUT2D eigenvalue weighted by Gasteiger charge is -1.99. The van der Waals surface area contributed by atoms with Crippen LogP contribution < -0.4 is 5.49 Å². The standard InChI is InChI=1S/C16H10N6S2/c17-14-13-15(18-9-21(14)19-8-10-4-3-7-23-10)22-12-6-2-1-5-11(12)20-16(22)24-13/h1-9,17H. The van der Waals surface area contributed by atoms with E-state index in [2.05, 4.69) is 15.1 Å². The third-order valence-electron chi connectivity index (χ3n) is 3.72. The van der Waals surface area contributed by atoms with Crippen molar-refractivity contribution in [1.29, 1.82) is 5.41 Å². The van der Waals surface area contributed by atoms with E-state index in [1.807, 2.05) is 46.2 Å². The number of thiazole rings is 1. The Labute approximate surface area is 143 Å². The van der Waals surface area contributed by atoms with E-state index in [0.717, 1.165) is 31.2 Å². The van der Waals surface area contributed by atoms with Gasteiger partial charge in [0, 0.05) is 4.88 Å². The van der Waals surface area contributed by atoms with E-state index in [0.29, 0.717) is 5.49 Å². The van der Waals surface area contributed by atoms with Crippen LogP contribution in [0.5, 0.6) is 0 Å². The van der Waals surface area contributed by atoms with E-state index in [-0.39, 0.29) is 0 Å². The number of fused-ring (bicyclic) bond motifs is 5. The first-order chi connectivity index (χ1) is 11.8. The van der Waals surface area contributed by atoms with Gasteiger partial charge >= 0.3 is 0 Å². The molecule has 0 saturated heterocycles. The summed E-state index contributed by atoms with van der Waals surface area (Å²) in [5.41, 5.74) is 3.00. The van der Waals surface area contributed by atoms with Crippen LogP contribution in [0.25, 0.3) is 26.3 Å². The Balaban J connectivity index is 1.75. The molecule has 0 aliphatic heterocycles. The molecule has 6 nitrogen and oxygen atoms in total. The minimum atomic E-state index is 0.312. The van der Waals surface area contributed by atoms with Gasteiger partial charge in [-0.25, -0.2) is 14.6 Å². The maximum atomic E-state index is 8.43. The summed E-state index contributed by atoms with van der Waals surface area (Å²) in [6, 6.07) is 11.9. The number of hydrogen-bond donors (Lipinski definition) is 1. The lowest BCUT2D eigenvalue weighted by molar-refractivity contribution is 0.784. The Bertz CT molecular complexity index is 1270. The molecule has 8 heteroatoms. The minimum Gasteiger partial charge on any atom is -0.281 e. The molecule has 0 unspecified atom stereocenters. The zero-order valence-electron chi connectivity index (χ0n) is 12.2. The van der Waals surface area contributed by atoms with Crippen LogP contribution in [0, 0.1) is 5.41 Å². The van der Waals surface area contributed by atoms with Crippen LogP contribution in [0.4, 0.5) is 0 Å². The fraction of sp³-hybridized carbons (Fsp3) is 0. The predicted octanol–water partition coefficient (Wildman–Crippen LogP) is 3.32. The minimum absolute atomic E-state index is 0.312. The summed E-state index contributed by atoms with van der Waals surface area (Å²) in [5, 5.41) is 14.8. The van der Waals surface area contributed by atoms with Crippen molar-refractivity contribution < 1.29 is 0 Å². The molecule has 0 fully saturated rings. The molecule has 0 amide bonds. The molecule has 116 valence electrons. The largest absolute Gasteiger partial charge is 0.281 e. The van der Waals surface area contributed by atoms with Crippen molar-refractivity contribution in [2.45, 2.75) is 0 Å². The molecule has 24 heavy (non-hydrogen) atoms. The van der Waals surface area contributed by atoms with Crippen LogP contribution in [0.2, 0.25) is 0 Å². The maximum Gasteiger partial charge on any atom is 0.197 e. The molecule has 0 spiro atoms. The number of nitrogens with zero attached hydrogens (tertiary/aromatic N) is 5. The quantitative estimate of drug-likeness (QED) is 0.496. The molecule has 4 heterocycles. The summed E-state index contributed by atoms with van der Waals surface area (Å²) in [7, 11) is 0. The van der Waals surface area contributed by atoms with Gasteiger partial charge in [0.15, 0.2) is 16.1 Å². The topological polar surface area (TPSA) is 71.3 Å². The summed E-state index contributed by atoms with van der Waals surface area (Å²) in [6.45, 7) is 0. The average Bonchev–Trinajstić information content (AvgIpc) is 3.29. The van der Waals surface area contributed by atoms with E-state index in [4.69, 9.17) is 5.41 Å². The van der Waals surface area contributed by atoms with Crippen LogP contribution in [-0.2, 0) is 0 Å². The van der Waals surface area contributed by atoms with Crippen LogP contribution in [0.1, 0.15) is 4.88 Å². The van der Waals surface area contributed by atoms with Crippen LogP contribution in [0.3, 0.4) is 0 Å². The van der Waals surface area contributed by atoms with Crippen molar-refractivity contribution in [2.24, 2.45) is 5.10 Å². The van der Waals surface area contributed by atoms with Gasteiger partial charge in [-0.05, 0) is 23.6 Å². The highest BCUT2D eigenvalue weighted by atomic mass is 32.1. The van der Waals surface area contributed by atoms with E-state index in [9.17, 15) is 0 Å². The second-order valence-corrected chi connectivity index (χ2v) is 7.13. The maximum absolute atomic E-state index is 8.43. The fourth-order valence-corrected chi connectivity index (χ4v) is 4.24. The highest BCUT2D eigenvalue weighted by Gasteiger charge is 2.13. The highest BCUT2D eigenvalue weighted by Crippen LogP contribution is 2.26. The number of rotatable bonds is 2.